The SMILES string of the molecule is O=C1[C@H](CO)[C@H]2SC(CCCn3cnnn3)(C(=O)O)CN12. The van der Waals surface area contributed by atoms with Crippen LogP contribution < -0.4 is 0 Å². The molecule has 2 saturated heterocycles. The van der Waals surface area contributed by atoms with Crippen molar-refractivity contribution in [1.29, 1.82) is 0 Å². The van der Waals surface area contributed by atoms with Crippen LogP contribution in [0.25, 0.3) is 0 Å². The van der Waals surface area contributed by atoms with Crippen LogP contribution in [0.5, 0.6) is 0 Å². The number of hydrogen-bond acceptors (Lipinski definition) is 7. The number of aliphatic carboxylic acids is 1. The van der Waals surface area contributed by atoms with E-state index in [9.17, 15) is 19.8 Å². The Morgan fingerprint density at radius 2 is 2.38 bits per heavy atom. The van der Waals surface area contributed by atoms with Gasteiger partial charge in [0.1, 0.15) is 11.1 Å². The number of carboxylic acid groups (broad SMARTS) is 1. The van der Waals surface area contributed by atoms with Gasteiger partial charge < -0.3 is 15.1 Å². The highest BCUT2D eigenvalue weighted by Gasteiger charge is 2.61. The second-order valence-electron chi connectivity index (χ2n) is 5.24. The molecule has 3 heterocycles. The Hall–Kier alpha value is -1.68. The van der Waals surface area contributed by atoms with Gasteiger partial charge in [-0.15, -0.1) is 16.9 Å². The third kappa shape index (κ3) is 2.27. The summed E-state index contributed by atoms with van der Waals surface area (Å²) in [6, 6.07) is 0. The fourth-order valence-electron chi connectivity index (χ4n) is 2.79. The van der Waals surface area contributed by atoms with E-state index in [2.05, 4.69) is 15.5 Å². The van der Waals surface area contributed by atoms with E-state index in [4.69, 9.17) is 0 Å². The first-order valence-corrected chi connectivity index (χ1v) is 7.49. The van der Waals surface area contributed by atoms with Gasteiger partial charge in [-0.05, 0) is 23.3 Å². The lowest BCUT2D eigenvalue weighted by atomic mass is 9.95. The number of tetrazole rings is 1. The van der Waals surface area contributed by atoms with E-state index < -0.39 is 16.6 Å². The van der Waals surface area contributed by atoms with Gasteiger partial charge in [-0.25, -0.2) is 4.68 Å². The van der Waals surface area contributed by atoms with Crippen molar-refractivity contribution < 1.29 is 19.8 Å². The van der Waals surface area contributed by atoms with Gasteiger partial charge in [0.05, 0.1) is 17.9 Å². The van der Waals surface area contributed by atoms with Crippen molar-refractivity contribution in [2.24, 2.45) is 5.92 Å². The Morgan fingerprint density at radius 3 is 3.00 bits per heavy atom. The highest BCUT2D eigenvalue weighted by atomic mass is 32.2. The predicted octanol–water partition coefficient (Wildman–Crippen LogP) is -1.20. The molecular weight excluding hydrogens is 298 g/mol. The minimum absolute atomic E-state index is 0.154. The second kappa shape index (κ2) is 5.26. The smallest absolute Gasteiger partial charge is 0.321 e. The van der Waals surface area contributed by atoms with Gasteiger partial charge in [-0.3, -0.25) is 9.59 Å². The maximum absolute atomic E-state index is 11.8. The fraction of sp³-hybridized carbons (Fsp3) is 0.727. The van der Waals surface area contributed by atoms with E-state index in [1.807, 2.05) is 0 Å². The Kier molecular flexibility index (Phi) is 3.57. The van der Waals surface area contributed by atoms with Crippen molar-refractivity contribution >= 4 is 23.6 Å². The van der Waals surface area contributed by atoms with Gasteiger partial charge >= 0.3 is 5.97 Å². The van der Waals surface area contributed by atoms with Crippen molar-refractivity contribution in [2.45, 2.75) is 29.5 Å². The van der Waals surface area contributed by atoms with E-state index in [1.165, 1.54) is 18.1 Å². The number of nitrogens with zero attached hydrogens (tertiary/aromatic N) is 5. The van der Waals surface area contributed by atoms with Crippen molar-refractivity contribution in [1.82, 2.24) is 25.1 Å². The van der Waals surface area contributed by atoms with E-state index in [1.54, 1.807) is 9.58 Å². The highest BCUT2D eigenvalue weighted by Crippen LogP contribution is 2.51. The molecule has 10 heteroatoms. The minimum atomic E-state index is -1.00. The zero-order valence-corrected chi connectivity index (χ0v) is 11.9. The van der Waals surface area contributed by atoms with Gasteiger partial charge in [-0.2, -0.15) is 0 Å². The second-order valence-corrected chi connectivity index (χ2v) is 6.74. The number of carboxylic acids is 1. The number of rotatable bonds is 6. The number of aromatic nitrogens is 4. The molecule has 2 fully saturated rings. The number of carbonyl (C=O) groups is 2. The van der Waals surface area contributed by atoms with Crippen LogP contribution in [0.3, 0.4) is 0 Å². The van der Waals surface area contributed by atoms with Crippen LogP contribution in [-0.4, -0.2) is 70.5 Å². The molecular formula is C11H15N5O4S. The molecule has 9 nitrogen and oxygen atoms in total. The van der Waals surface area contributed by atoms with Crippen LogP contribution in [0.4, 0.5) is 0 Å². The molecule has 1 aromatic rings. The molecule has 2 aliphatic rings. The number of carbonyl (C=O) groups excluding carboxylic acids is 1. The van der Waals surface area contributed by atoms with Crippen LogP contribution in [-0.2, 0) is 16.1 Å². The first kappa shape index (κ1) is 14.3. The van der Waals surface area contributed by atoms with Crippen LogP contribution in [0.2, 0.25) is 0 Å². The molecule has 0 radical (unpaired) electrons. The van der Waals surface area contributed by atoms with Gasteiger partial charge in [0.25, 0.3) is 0 Å². The Balaban J connectivity index is 1.65. The number of hydrogen-bond donors (Lipinski definition) is 2. The van der Waals surface area contributed by atoms with Crippen molar-refractivity contribution in [3.63, 3.8) is 0 Å². The molecule has 0 saturated carbocycles. The summed E-state index contributed by atoms with van der Waals surface area (Å²) in [6.07, 6.45) is 2.50. The molecule has 3 atom stereocenters. The molecule has 0 aromatic carbocycles. The summed E-state index contributed by atoms with van der Waals surface area (Å²) >= 11 is 1.27. The monoisotopic (exact) mass is 313 g/mol. The van der Waals surface area contributed by atoms with E-state index in [-0.39, 0.29) is 24.4 Å². The average Bonchev–Trinajstić information content (AvgIpc) is 3.07. The summed E-state index contributed by atoms with van der Waals surface area (Å²) in [5.74, 6) is -1.53. The maximum Gasteiger partial charge on any atom is 0.321 e. The molecule has 1 aromatic heterocycles. The number of fused-ring (bicyclic) bond motifs is 1. The van der Waals surface area contributed by atoms with Crippen molar-refractivity contribution in [3.05, 3.63) is 6.33 Å². The first-order chi connectivity index (χ1) is 10.1. The molecule has 0 aliphatic carbocycles. The summed E-state index contributed by atoms with van der Waals surface area (Å²) in [5.41, 5.74) is 0. The van der Waals surface area contributed by atoms with Gasteiger partial charge in [-0.1, -0.05) is 0 Å². The summed E-state index contributed by atoms with van der Waals surface area (Å²) in [6.45, 7) is 0.501. The van der Waals surface area contributed by atoms with Gasteiger partial charge in [0.2, 0.25) is 5.91 Å². The summed E-state index contributed by atoms with van der Waals surface area (Å²) < 4.78 is 0.546. The Morgan fingerprint density at radius 1 is 1.57 bits per heavy atom. The standard InChI is InChI=1S/C11H15N5O4S/c17-4-7-8(18)16-5-11(10(19)20,21-9(7)16)2-1-3-15-6-12-13-14-15/h6-7,9,17H,1-5H2,(H,19,20)/t7-,9+,11?/m0/s1. The van der Waals surface area contributed by atoms with Gasteiger partial charge in [0, 0.05) is 13.1 Å². The zero-order chi connectivity index (χ0) is 15.0. The van der Waals surface area contributed by atoms with Crippen LogP contribution in [0, 0.1) is 5.92 Å². The molecule has 2 aliphatic heterocycles. The quantitative estimate of drug-likeness (QED) is 0.628. The van der Waals surface area contributed by atoms with Crippen LogP contribution in [0.1, 0.15) is 12.8 Å². The topological polar surface area (TPSA) is 121 Å². The Bertz CT molecular complexity index is 553. The lowest BCUT2D eigenvalue weighted by molar-refractivity contribution is -0.152. The maximum atomic E-state index is 11.8. The lowest BCUT2D eigenvalue weighted by Crippen LogP contribution is -2.58. The number of aliphatic hydroxyl groups is 1. The Labute approximate surface area is 124 Å². The average molecular weight is 313 g/mol. The summed E-state index contributed by atoms with van der Waals surface area (Å²) in [7, 11) is 0. The van der Waals surface area contributed by atoms with Crippen LogP contribution in [0.15, 0.2) is 6.33 Å². The molecule has 1 unspecified atom stereocenters. The third-order valence-corrected chi connectivity index (χ3v) is 5.75. The van der Waals surface area contributed by atoms with Gasteiger partial charge in [0.15, 0.2) is 0 Å². The van der Waals surface area contributed by atoms with Crippen LogP contribution >= 0.6 is 11.8 Å². The summed E-state index contributed by atoms with van der Waals surface area (Å²) in [4.78, 5) is 25.0. The number of β-lactam (4-membered cyclic amide) rings is 1. The number of aryl methyl sites for hydroxylation is 1. The predicted molar refractivity (Wildman–Crippen MR) is 71.1 cm³/mol. The fourth-order valence-corrected chi connectivity index (χ4v) is 4.50. The largest absolute Gasteiger partial charge is 0.480 e. The lowest BCUT2D eigenvalue weighted by Gasteiger charge is -2.40. The molecule has 1 amide bonds. The molecule has 114 valence electrons. The summed E-state index contributed by atoms with van der Waals surface area (Å²) in [5, 5.41) is 29.3. The highest BCUT2D eigenvalue weighted by molar-refractivity contribution is 8.02. The zero-order valence-electron chi connectivity index (χ0n) is 11.1. The molecule has 0 bridgehead atoms. The molecule has 21 heavy (non-hydrogen) atoms. The number of thioether (sulfide) groups is 1. The molecule has 2 N–H and O–H groups in total. The third-order valence-electron chi connectivity index (χ3n) is 3.97. The molecule has 3 rings (SSSR count). The van der Waals surface area contributed by atoms with E-state index >= 15 is 0 Å². The molecule has 0 spiro atoms. The number of aliphatic hydroxyl groups excluding tert-OH is 1. The van der Waals surface area contributed by atoms with E-state index in [0.29, 0.717) is 19.4 Å². The van der Waals surface area contributed by atoms with E-state index in [0.717, 1.165) is 0 Å². The first-order valence-electron chi connectivity index (χ1n) is 6.61. The number of amides is 1. The minimum Gasteiger partial charge on any atom is -0.480 e. The van der Waals surface area contributed by atoms with Crippen molar-refractivity contribution in [2.75, 3.05) is 13.2 Å². The normalized spacial score (nSPS) is 31.1. The van der Waals surface area contributed by atoms with Crippen molar-refractivity contribution in [3.8, 4) is 0 Å².